The number of nitrogens with zero attached hydrogens (tertiary/aromatic N) is 1. The van der Waals surface area contributed by atoms with Gasteiger partial charge in [0.2, 0.25) is 5.95 Å². The molecule has 2 heterocycles. The van der Waals surface area contributed by atoms with Crippen LogP contribution < -0.4 is 16.6 Å². The molecule has 0 spiro atoms. The molecule has 6 nitrogen and oxygen atoms in total. The highest BCUT2D eigenvalue weighted by atomic mass is 35.5. The molecule has 1 unspecified atom stereocenters. The van der Waals surface area contributed by atoms with Gasteiger partial charge in [0.1, 0.15) is 5.82 Å². The zero-order chi connectivity index (χ0) is 18.6. The van der Waals surface area contributed by atoms with Crippen LogP contribution in [-0.4, -0.2) is 15.8 Å². The number of ketones is 1. The number of carbonyl (C=O) groups is 1. The van der Waals surface area contributed by atoms with Crippen LogP contribution in [0.2, 0.25) is 5.02 Å². The Hall–Kier alpha value is -2.60. The van der Waals surface area contributed by atoms with Gasteiger partial charge >= 0.3 is 0 Å². The number of carbonyl (C=O) groups excluding carboxylic acids is 1. The van der Waals surface area contributed by atoms with Crippen molar-refractivity contribution in [2.75, 3.05) is 11.1 Å². The van der Waals surface area contributed by atoms with Crippen molar-refractivity contribution in [1.29, 1.82) is 0 Å². The molecule has 0 saturated heterocycles. The minimum absolute atomic E-state index is 0.0431. The standard InChI is InChI=1S/C19H19ClN4O2/c1-19(2)7-11-14(12(25)8-19)13(9-3-5-10(20)6-4-9)15-16(22-11)23-18(21)24-17(15)26/h3-6,13H,7-8H2,1-2H3,(H4,21,22,23,24,26). The molecule has 4 rings (SSSR count). The number of nitrogens with two attached hydrogens (primary N) is 1. The number of aromatic nitrogens is 2. The summed E-state index contributed by atoms with van der Waals surface area (Å²) in [7, 11) is 0. The first kappa shape index (κ1) is 16.8. The molecular formula is C19H19ClN4O2. The van der Waals surface area contributed by atoms with Crippen molar-refractivity contribution in [1.82, 2.24) is 9.97 Å². The second-order valence-corrected chi connectivity index (χ2v) is 8.09. The van der Waals surface area contributed by atoms with Gasteiger partial charge in [-0.3, -0.25) is 14.6 Å². The molecule has 134 valence electrons. The number of fused-ring (bicyclic) bond motifs is 1. The quantitative estimate of drug-likeness (QED) is 0.715. The molecule has 4 N–H and O–H groups in total. The summed E-state index contributed by atoms with van der Waals surface area (Å²) in [6.45, 7) is 4.12. The highest BCUT2D eigenvalue weighted by molar-refractivity contribution is 6.30. The SMILES string of the molecule is CC1(C)CC(=O)C2=C(C1)Nc1nc(N)[nH]c(=O)c1C2c1ccc(Cl)cc1. The van der Waals surface area contributed by atoms with Crippen LogP contribution in [-0.2, 0) is 4.79 Å². The van der Waals surface area contributed by atoms with Crippen molar-refractivity contribution in [2.45, 2.75) is 32.6 Å². The fourth-order valence-corrected chi connectivity index (χ4v) is 4.05. The third-order valence-corrected chi connectivity index (χ3v) is 5.20. The lowest BCUT2D eigenvalue weighted by atomic mass is 9.69. The molecule has 0 radical (unpaired) electrons. The predicted molar refractivity (Wildman–Crippen MR) is 101 cm³/mol. The zero-order valence-electron chi connectivity index (χ0n) is 14.5. The second kappa shape index (κ2) is 5.71. The first-order valence-electron chi connectivity index (χ1n) is 8.43. The molecule has 26 heavy (non-hydrogen) atoms. The van der Waals surface area contributed by atoms with Crippen LogP contribution in [0.4, 0.5) is 11.8 Å². The van der Waals surface area contributed by atoms with Gasteiger partial charge in [-0.15, -0.1) is 0 Å². The summed E-state index contributed by atoms with van der Waals surface area (Å²) in [4.78, 5) is 32.5. The lowest BCUT2D eigenvalue weighted by Gasteiger charge is -2.38. The molecule has 0 amide bonds. The Labute approximate surface area is 155 Å². The second-order valence-electron chi connectivity index (χ2n) is 7.66. The summed E-state index contributed by atoms with van der Waals surface area (Å²) in [5.41, 5.74) is 7.92. The Kier molecular flexibility index (Phi) is 3.70. The fourth-order valence-electron chi connectivity index (χ4n) is 3.92. The number of nitrogen functional groups attached to an aromatic ring is 1. The van der Waals surface area contributed by atoms with Gasteiger partial charge in [0.25, 0.3) is 5.56 Å². The van der Waals surface area contributed by atoms with Crippen LogP contribution in [0.5, 0.6) is 0 Å². The first-order valence-corrected chi connectivity index (χ1v) is 8.81. The summed E-state index contributed by atoms with van der Waals surface area (Å²) in [6, 6.07) is 7.20. The summed E-state index contributed by atoms with van der Waals surface area (Å²) < 4.78 is 0. The van der Waals surface area contributed by atoms with E-state index in [1.807, 2.05) is 12.1 Å². The van der Waals surface area contributed by atoms with Crippen molar-refractivity contribution in [2.24, 2.45) is 5.41 Å². The molecule has 1 aliphatic carbocycles. The van der Waals surface area contributed by atoms with Gasteiger partial charge in [-0.2, -0.15) is 4.98 Å². The van der Waals surface area contributed by atoms with Crippen LogP contribution in [0, 0.1) is 5.41 Å². The normalized spacial score (nSPS) is 21.0. The average molecular weight is 371 g/mol. The van der Waals surface area contributed by atoms with Gasteiger partial charge in [0, 0.05) is 28.6 Å². The number of anilines is 2. The number of allylic oxidation sites excluding steroid dienone is 2. The number of hydrogen-bond donors (Lipinski definition) is 3. The summed E-state index contributed by atoms with van der Waals surface area (Å²) in [6.07, 6.45) is 1.14. The Morgan fingerprint density at radius 1 is 1.19 bits per heavy atom. The van der Waals surface area contributed by atoms with E-state index in [1.54, 1.807) is 12.1 Å². The molecular weight excluding hydrogens is 352 g/mol. The van der Waals surface area contributed by atoms with Crippen molar-refractivity contribution in [3.8, 4) is 0 Å². The van der Waals surface area contributed by atoms with Crippen LogP contribution in [0.3, 0.4) is 0 Å². The molecule has 2 aliphatic rings. The van der Waals surface area contributed by atoms with Gasteiger partial charge < -0.3 is 11.1 Å². The molecule has 1 aromatic carbocycles. The molecule has 0 saturated carbocycles. The van der Waals surface area contributed by atoms with E-state index in [2.05, 4.69) is 29.1 Å². The van der Waals surface area contributed by atoms with Crippen LogP contribution in [0.15, 0.2) is 40.3 Å². The maximum atomic E-state index is 13.0. The third-order valence-electron chi connectivity index (χ3n) is 4.94. The topological polar surface area (TPSA) is 101 Å². The average Bonchev–Trinajstić information content (AvgIpc) is 2.52. The summed E-state index contributed by atoms with van der Waals surface area (Å²) in [5, 5.41) is 3.79. The zero-order valence-corrected chi connectivity index (χ0v) is 15.3. The predicted octanol–water partition coefficient (Wildman–Crippen LogP) is 3.21. The number of H-pyrrole nitrogens is 1. The number of aromatic amines is 1. The lowest BCUT2D eigenvalue weighted by molar-refractivity contribution is -0.118. The third kappa shape index (κ3) is 2.70. The van der Waals surface area contributed by atoms with Crippen LogP contribution in [0.25, 0.3) is 0 Å². The van der Waals surface area contributed by atoms with Crippen molar-refractivity contribution in [3.05, 3.63) is 62.0 Å². The highest BCUT2D eigenvalue weighted by Crippen LogP contribution is 2.47. The fraction of sp³-hybridized carbons (Fsp3) is 0.316. The first-order chi connectivity index (χ1) is 12.2. The van der Waals surface area contributed by atoms with Gasteiger partial charge in [-0.1, -0.05) is 37.6 Å². The Bertz CT molecular complexity index is 1010. The van der Waals surface area contributed by atoms with Crippen molar-refractivity contribution >= 4 is 29.2 Å². The Morgan fingerprint density at radius 3 is 2.58 bits per heavy atom. The highest BCUT2D eigenvalue weighted by Gasteiger charge is 2.42. The van der Waals surface area contributed by atoms with E-state index in [-0.39, 0.29) is 22.7 Å². The molecule has 0 fully saturated rings. The molecule has 0 bridgehead atoms. The minimum Gasteiger partial charge on any atom is -0.369 e. The van der Waals surface area contributed by atoms with E-state index < -0.39 is 5.92 Å². The summed E-state index contributed by atoms with van der Waals surface area (Å²) >= 11 is 6.02. The monoisotopic (exact) mass is 370 g/mol. The number of nitrogens with one attached hydrogen (secondary N) is 2. The largest absolute Gasteiger partial charge is 0.369 e. The lowest BCUT2D eigenvalue weighted by Crippen LogP contribution is -2.37. The van der Waals surface area contributed by atoms with E-state index >= 15 is 0 Å². The van der Waals surface area contributed by atoms with Crippen LogP contribution in [0.1, 0.15) is 43.7 Å². The number of rotatable bonds is 1. The van der Waals surface area contributed by atoms with Crippen molar-refractivity contribution in [3.63, 3.8) is 0 Å². The molecule has 1 aliphatic heterocycles. The van der Waals surface area contributed by atoms with E-state index in [0.717, 1.165) is 11.3 Å². The summed E-state index contributed by atoms with van der Waals surface area (Å²) in [5.74, 6) is 0.0153. The van der Waals surface area contributed by atoms with Crippen LogP contribution >= 0.6 is 11.6 Å². The maximum absolute atomic E-state index is 13.0. The smallest absolute Gasteiger partial charge is 0.258 e. The minimum atomic E-state index is -0.487. The van der Waals surface area contributed by atoms with E-state index in [9.17, 15) is 9.59 Å². The molecule has 2 aromatic rings. The number of halogens is 1. The number of Topliss-reactive ketones (excluding diaryl/α,β-unsaturated/α-hetero) is 1. The molecule has 7 heteroatoms. The van der Waals surface area contributed by atoms with Crippen molar-refractivity contribution < 1.29 is 4.79 Å². The van der Waals surface area contributed by atoms with E-state index in [0.29, 0.717) is 34.8 Å². The van der Waals surface area contributed by atoms with Gasteiger partial charge in [-0.25, -0.2) is 0 Å². The number of benzene rings is 1. The van der Waals surface area contributed by atoms with E-state index in [4.69, 9.17) is 17.3 Å². The van der Waals surface area contributed by atoms with Gasteiger partial charge in [-0.05, 0) is 29.5 Å². The molecule has 1 atom stereocenters. The Morgan fingerprint density at radius 2 is 1.88 bits per heavy atom. The Balaban J connectivity index is 1.99. The van der Waals surface area contributed by atoms with E-state index in [1.165, 1.54) is 0 Å². The maximum Gasteiger partial charge on any atom is 0.258 e. The number of hydrogen-bond acceptors (Lipinski definition) is 5. The molecule has 1 aromatic heterocycles. The van der Waals surface area contributed by atoms with Gasteiger partial charge in [0.05, 0.1) is 5.56 Å². The van der Waals surface area contributed by atoms with Gasteiger partial charge in [0.15, 0.2) is 5.78 Å².